The van der Waals surface area contributed by atoms with Crippen LogP contribution in [0.3, 0.4) is 0 Å². The molecule has 0 aliphatic rings. The van der Waals surface area contributed by atoms with Crippen LogP contribution in [0, 0.1) is 0 Å². The highest BCUT2D eigenvalue weighted by atomic mass is 16.3. The summed E-state index contributed by atoms with van der Waals surface area (Å²) in [7, 11) is 0. The van der Waals surface area contributed by atoms with Crippen LogP contribution in [-0.4, -0.2) is 14.5 Å². The monoisotopic (exact) mass is 715 g/mol. The summed E-state index contributed by atoms with van der Waals surface area (Å²) >= 11 is 0. The quantitative estimate of drug-likeness (QED) is 0.172. The smallest absolute Gasteiger partial charge is 0.227 e. The van der Waals surface area contributed by atoms with E-state index >= 15 is 0 Å². The molecule has 3 heterocycles. The molecule has 0 aliphatic heterocycles. The minimum absolute atomic E-state index is 0.581. The van der Waals surface area contributed by atoms with Gasteiger partial charge < -0.3 is 8.98 Å². The van der Waals surface area contributed by atoms with Crippen molar-refractivity contribution in [3.05, 3.63) is 200 Å². The summed E-state index contributed by atoms with van der Waals surface area (Å²) in [6.45, 7) is 0. The molecule has 0 saturated carbocycles. The lowest BCUT2D eigenvalue weighted by Gasteiger charge is -2.11. The molecule has 0 bridgehead atoms. The number of aromatic nitrogens is 3. The third-order valence-electron chi connectivity index (χ3n) is 10.9. The van der Waals surface area contributed by atoms with E-state index in [2.05, 4.69) is 185 Å². The van der Waals surface area contributed by atoms with Gasteiger partial charge in [0.05, 0.1) is 11.0 Å². The van der Waals surface area contributed by atoms with E-state index in [0.29, 0.717) is 5.89 Å². The lowest BCUT2D eigenvalue weighted by molar-refractivity contribution is 0.621. The Labute approximate surface area is 323 Å². The average Bonchev–Trinajstić information content (AvgIpc) is 3.86. The maximum atomic E-state index is 6.74. The predicted octanol–water partition coefficient (Wildman–Crippen LogP) is 13.8. The maximum absolute atomic E-state index is 6.74. The second-order valence-electron chi connectivity index (χ2n) is 14.2. The number of hydrogen-bond donors (Lipinski definition) is 0. The van der Waals surface area contributed by atoms with Gasteiger partial charge in [-0.3, -0.25) is 4.98 Å². The van der Waals surface area contributed by atoms with Gasteiger partial charge >= 0.3 is 0 Å². The van der Waals surface area contributed by atoms with Gasteiger partial charge in [-0.15, -0.1) is 0 Å². The Balaban J connectivity index is 1.09. The lowest BCUT2D eigenvalue weighted by atomic mass is 9.94. The molecule has 0 atom stereocenters. The molecule has 8 aromatic carbocycles. The van der Waals surface area contributed by atoms with Crippen LogP contribution < -0.4 is 0 Å². The van der Waals surface area contributed by atoms with Crippen LogP contribution in [0.15, 0.2) is 205 Å². The van der Waals surface area contributed by atoms with Crippen LogP contribution in [0.5, 0.6) is 0 Å². The second kappa shape index (κ2) is 13.1. The zero-order chi connectivity index (χ0) is 37.0. The van der Waals surface area contributed by atoms with Gasteiger partial charge in [0, 0.05) is 45.5 Å². The third-order valence-corrected chi connectivity index (χ3v) is 10.9. The van der Waals surface area contributed by atoms with Crippen molar-refractivity contribution in [2.75, 3.05) is 0 Å². The minimum atomic E-state index is 0.581. The van der Waals surface area contributed by atoms with Crippen molar-refractivity contribution in [1.29, 1.82) is 0 Å². The summed E-state index contributed by atoms with van der Waals surface area (Å²) in [5.74, 6) is 0.581. The van der Waals surface area contributed by atoms with Crippen molar-refractivity contribution in [2.24, 2.45) is 0 Å². The van der Waals surface area contributed by atoms with E-state index in [9.17, 15) is 0 Å². The number of nitrogens with zero attached hydrogens (tertiary/aromatic N) is 3. The van der Waals surface area contributed by atoms with Crippen LogP contribution in [0.25, 0.3) is 105 Å². The SMILES string of the molecule is c1ccc(-n2c3ccccc3c3cc(-c4cc(-c5ccc(-c6cccc7ccccc67)cc5)c5oc(-c6cccc(-c7cccnc7)c6)nc5c4)ccc32)cc1. The third kappa shape index (κ3) is 5.39. The Morgan fingerprint density at radius 1 is 0.411 bits per heavy atom. The molecule has 11 aromatic rings. The predicted molar refractivity (Wildman–Crippen MR) is 231 cm³/mol. The molecule has 0 spiro atoms. The zero-order valence-corrected chi connectivity index (χ0v) is 30.3. The molecule has 4 nitrogen and oxygen atoms in total. The molecule has 0 aliphatic carbocycles. The van der Waals surface area contributed by atoms with Crippen molar-refractivity contribution in [3.63, 3.8) is 0 Å². The van der Waals surface area contributed by atoms with Gasteiger partial charge in [-0.05, 0) is 105 Å². The first kappa shape index (κ1) is 31.9. The topological polar surface area (TPSA) is 43.9 Å². The molecule has 262 valence electrons. The normalized spacial score (nSPS) is 11.6. The van der Waals surface area contributed by atoms with Crippen LogP contribution in [0.1, 0.15) is 0 Å². The minimum Gasteiger partial charge on any atom is -0.435 e. The van der Waals surface area contributed by atoms with Gasteiger partial charge in [0.25, 0.3) is 0 Å². The summed E-state index contributed by atoms with van der Waals surface area (Å²) < 4.78 is 9.10. The average molecular weight is 716 g/mol. The number of para-hydroxylation sites is 2. The summed E-state index contributed by atoms with van der Waals surface area (Å²) in [6.07, 6.45) is 3.67. The molecule has 0 N–H and O–H groups in total. The lowest BCUT2D eigenvalue weighted by Crippen LogP contribution is -1.92. The number of rotatable bonds is 6. The Hall–Kier alpha value is -7.56. The fraction of sp³-hybridized carbons (Fsp3) is 0. The number of fused-ring (bicyclic) bond motifs is 5. The van der Waals surface area contributed by atoms with Crippen molar-refractivity contribution in [2.45, 2.75) is 0 Å². The van der Waals surface area contributed by atoms with Crippen LogP contribution in [0.4, 0.5) is 0 Å². The Morgan fingerprint density at radius 3 is 1.95 bits per heavy atom. The number of oxazole rings is 1. The molecule has 0 amide bonds. The molecular formula is C52H33N3O. The van der Waals surface area contributed by atoms with E-state index in [1.165, 1.54) is 43.7 Å². The van der Waals surface area contributed by atoms with Gasteiger partial charge in [-0.25, -0.2) is 4.98 Å². The van der Waals surface area contributed by atoms with E-state index in [1.54, 1.807) is 6.20 Å². The van der Waals surface area contributed by atoms with Gasteiger partial charge in [0.2, 0.25) is 5.89 Å². The molecular weight excluding hydrogens is 683 g/mol. The van der Waals surface area contributed by atoms with Crippen molar-refractivity contribution < 1.29 is 4.42 Å². The van der Waals surface area contributed by atoms with E-state index < -0.39 is 0 Å². The summed E-state index contributed by atoms with van der Waals surface area (Å²) in [5.41, 5.74) is 14.7. The first-order chi connectivity index (χ1) is 27.7. The van der Waals surface area contributed by atoms with Crippen molar-refractivity contribution in [3.8, 4) is 61.6 Å². The fourth-order valence-corrected chi connectivity index (χ4v) is 8.22. The van der Waals surface area contributed by atoms with E-state index in [-0.39, 0.29) is 0 Å². The Morgan fingerprint density at radius 2 is 1.09 bits per heavy atom. The van der Waals surface area contributed by atoms with E-state index in [4.69, 9.17) is 9.40 Å². The maximum Gasteiger partial charge on any atom is 0.227 e. The summed E-state index contributed by atoms with van der Waals surface area (Å²) in [4.78, 5) is 9.49. The Kier molecular flexibility index (Phi) is 7.46. The van der Waals surface area contributed by atoms with Gasteiger partial charge in [-0.2, -0.15) is 0 Å². The number of pyridine rings is 1. The highest BCUT2D eigenvalue weighted by Gasteiger charge is 2.19. The van der Waals surface area contributed by atoms with Crippen molar-refractivity contribution in [1.82, 2.24) is 14.5 Å². The van der Waals surface area contributed by atoms with Gasteiger partial charge in [0.1, 0.15) is 5.52 Å². The van der Waals surface area contributed by atoms with Gasteiger partial charge in [0.15, 0.2) is 5.58 Å². The van der Waals surface area contributed by atoms with Crippen molar-refractivity contribution >= 4 is 43.7 Å². The van der Waals surface area contributed by atoms with E-state index in [0.717, 1.165) is 55.7 Å². The number of benzene rings is 8. The van der Waals surface area contributed by atoms with Crippen LogP contribution >= 0.6 is 0 Å². The highest BCUT2D eigenvalue weighted by Crippen LogP contribution is 2.40. The highest BCUT2D eigenvalue weighted by molar-refractivity contribution is 6.11. The second-order valence-corrected chi connectivity index (χ2v) is 14.2. The summed E-state index contributed by atoms with van der Waals surface area (Å²) in [5, 5.41) is 4.89. The Bertz CT molecular complexity index is 3230. The van der Waals surface area contributed by atoms with Crippen LogP contribution in [-0.2, 0) is 0 Å². The van der Waals surface area contributed by atoms with Crippen LogP contribution in [0.2, 0.25) is 0 Å². The largest absolute Gasteiger partial charge is 0.435 e. The molecule has 0 saturated heterocycles. The zero-order valence-electron chi connectivity index (χ0n) is 30.3. The number of hydrogen-bond acceptors (Lipinski definition) is 3. The molecule has 0 fully saturated rings. The molecule has 11 rings (SSSR count). The molecule has 3 aromatic heterocycles. The first-order valence-electron chi connectivity index (χ1n) is 18.9. The van der Waals surface area contributed by atoms with Gasteiger partial charge in [-0.1, -0.05) is 127 Å². The standard InChI is InChI=1S/C52H33N3O/c1-2-16-42(17-3-1)55-49-21-7-6-19-45(49)47-30-38(26-27-50(47)55)41-31-46(36-24-22-35(23-25-36)44-20-9-12-34-11-4-5-18-43(34)44)51-48(32-41)54-52(56-51)39-14-8-13-37(29-39)40-15-10-28-53-33-40/h1-33H. The molecule has 4 heteroatoms. The molecule has 0 radical (unpaired) electrons. The molecule has 0 unspecified atom stereocenters. The fourth-order valence-electron chi connectivity index (χ4n) is 8.22. The summed E-state index contributed by atoms with van der Waals surface area (Å²) in [6, 6.07) is 66.7. The van der Waals surface area contributed by atoms with E-state index in [1.807, 2.05) is 18.3 Å². The first-order valence-corrected chi connectivity index (χ1v) is 18.9. The molecule has 56 heavy (non-hydrogen) atoms.